The minimum Gasteiger partial charge on any atom is -0.504 e. The number of hydrogen-bond donors (Lipinski definition) is 1. The zero-order valence-electron chi connectivity index (χ0n) is 9.73. The van der Waals surface area contributed by atoms with Gasteiger partial charge in [-0.3, -0.25) is 4.79 Å². The van der Waals surface area contributed by atoms with Crippen LogP contribution in [0.25, 0.3) is 0 Å². The molecule has 0 amide bonds. The minimum atomic E-state index is -0.328. The zero-order chi connectivity index (χ0) is 12.4. The Morgan fingerprint density at radius 2 is 2.29 bits per heavy atom. The average Bonchev–Trinajstić information content (AvgIpc) is 2.76. The highest BCUT2D eigenvalue weighted by atomic mass is 16.7. The van der Waals surface area contributed by atoms with Crippen molar-refractivity contribution in [1.29, 1.82) is 0 Å². The highest BCUT2D eigenvalue weighted by Crippen LogP contribution is 2.43. The summed E-state index contributed by atoms with van der Waals surface area (Å²) in [5, 5.41) is 9.62. The van der Waals surface area contributed by atoms with E-state index in [1.54, 1.807) is 6.92 Å². The van der Waals surface area contributed by atoms with Crippen LogP contribution in [0.1, 0.15) is 20.3 Å². The van der Waals surface area contributed by atoms with E-state index in [0.29, 0.717) is 12.2 Å². The Bertz CT molecular complexity index is 441. The first-order chi connectivity index (χ1) is 8.11. The minimum absolute atomic E-state index is 0.0612. The van der Waals surface area contributed by atoms with E-state index >= 15 is 0 Å². The molecule has 0 spiro atoms. The van der Waals surface area contributed by atoms with Crippen LogP contribution in [0, 0.1) is 5.92 Å². The van der Waals surface area contributed by atoms with Gasteiger partial charge in [0, 0.05) is 12.1 Å². The molecular weight excluding hydrogens is 224 g/mol. The van der Waals surface area contributed by atoms with Crippen LogP contribution in [0.15, 0.2) is 12.1 Å². The number of ether oxygens (including phenoxy) is 3. The molecule has 1 atom stereocenters. The monoisotopic (exact) mass is 238 g/mol. The van der Waals surface area contributed by atoms with Crippen LogP contribution in [0.5, 0.6) is 23.0 Å². The lowest BCUT2D eigenvalue weighted by Gasteiger charge is -2.09. The molecule has 2 rings (SSSR count). The normalized spacial score (nSPS) is 14.5. The van der Waals surface area contributed by atoms with Gasteiger partial charge < -0.3 is 19.3 Å². The van der Waals surface area contributed by atoms with Crippen LogP contribution in [-0.4, -0.2) is 17.9 Å². The molecule has 0 aromatic heterocycles. The number of rotatable bonds is 3. The Labute approximate surface area is 98.9 Å². The van der Waals surface area contributed by atoms with Crippen molar-refractivity contribution in [1.82, 2.24) is 0 Å². The molecule has 17 heavy (non-hydrogen) atoms. The Morgan fingerprint density at radius 3 is 3.00 bits per heavy atom. The van der Waals surface area contributed by atoms with E-state index in [2.05, 4.69) is 0 Å². The molecule has 0 aliphatic carbocycles. The van der Waals surface area contributed by atoms with Gasteiger partial charge in [0.1, 0.15) is 5.75 Å². The highest BCUT2D eigenvalue weighted by Gasteiger charge is 2.21. The number of aromatic hydroxyl groups is 1. The van der Waals surface area contributed by atoms with Gasteiger partial charge >= 0.3 is 5.97 Å². The van der Waals surface area contributed by atoms with Crippen molar-refractivity contribution in [2.75, 3.05) is 6.79 Å². The van der Waals surface area contributed by atoms with Crippen LogP contribution in [0.4, 0.5) is 0 Å². The molecule has 0 bridgehead atoms. The van der Waals surface area contributed by atoms with Crippen molar-refractivity contribution in [3.05, 3.63) is 12.1 Å². The van der Waals surface area contributed by atoms with Crippen LogP contribution in [-0.2, 0) is 4.79 Å². The van der Waals surface area contributed by atoms with E-state index in [1.165, 1.54) is 12.1 Å². The van der Waals surface area contributed by atoms with E-state index in [1.807, 2.05) is 6.92 Å². The molecule has 0 radical (unpaired) electrons. The van der Waals surface area contributed by atoms with Gasteiger partial charge in [0.2, 0.25) is 12.5 Å². The first-order valence-corrected chi connectivity index (χ1v) is 5.46. The lowest BCUT2D eigenvalue weighted by Crippen LogP contribution is -2.16. The fraction of sp³-hybridized carbons (Fsp3) is 0.417. The Kier molecular flexibility index (Phi) is 3.08. The number of esters is 1. The molecule has 5 nitrogen and oxygen atoms in total. The van der Waals surface area contributed by atoms with Crippen molar-refractivity contribution in [2.45, 2.75) is 20.3 Å². The van der Waals surface area contributed by atoms with Crippen molar-refractivity contribution in [3.63, 3.8) is 0 Å². The molecule has 1 aliphatic heterocycles. The fourth-order valence-electron chi connectivity index (χ4n) is 1.41. The van der Waals surface area contributed by atoms with Crippen molar-refractivity contribution >= 4 is 5.97 Å². The molecule has 1 N–H and O–H groups in total. The van der Waals surface area contributed by atoms with Gasteiger partial charge in [-0.15, -0.1) is 0 Å². The number of benzene rings is 1. The van der Waals surface area contributed by atoms with Crippen LogP contribution < -0.4 is 14.2 Å². The number of phenols is 1. The maximum Gasteiger partial charge on any atom is 0.314 e. The second kappa shape index (κ2) is 4.53. The van der Waals surface area contributed by atoms with Gasteiger partial charge in [0.15, 0.2) is 11.5 Å². The molecule has 1 aromatic rings. The quantitative estimate of drug-likeness (QED) is 0.645. The number of carbonyl (C=O) groups is 1. The molecule has 0 fully saturated rings. The first-order valence-electron chi connectivity index (χ1n) is 5.46. The number of carbonyl (C=O) groups excluding carboxylic acids is 1. The standard InChI is InChI=1S/C12H14O5/c1-3-7(2)12(14)17-8-4-9(13)11-10(5-8)15-6-16-11/h4-5,7,13H,3,6H2,1-2H3. The number of fused-ring (bicyclic) bond motifs is 1. The van der Waals surface area contributed by atoms with Gasteiger partial charge in [-0.2, -0.15) is 0 Å². The van der Waals surface area contributed by atoms with Crippen molar-refractivity contribution in [3.8, 4) is 23.0 Å². The largest absolute Gasteiger partial charge is 0.504 e. The van der Waals surface area contributed by atoms with Gasteiger partial charge in [0.25, 0.3) is 0 Å². The molecule has 1 aliphatic rings. The zero-order valence-corrected chi connectivity index (χ0v) is 9.73. The Hall–Kier alpha value is -1.91. The molecule has 1 heterocycles. The van der Waals surface area contributed by atoms with Crippen LogP contribution in [0.2, 0.25) is 0 Å². The van der Waals surface area contributed by atoms with Crippen molar-refractivity contribution in [2.24, 2.45) is 5.92 Å². The van der Waals surface area contributed by atoms with E-state index in [0.717, 1.165) is 0 Å². The molecular formula is C12H14O5. The van der Waals surface area contributed by atoms with E-state index in [9.17, 15) is 9.90 Å². The fourth-order valence-corrected chi connectivity index (χ4v) is 1.41. The summed E-state index contributed by atoms with van der Waals surface area (Å²) in [6, 6.07) is 2.87. The summed E-state index contributed by atoms with van der Waals surface area (Å²) in [7, 11) is 0. The summed E-state index contributed by atoms with van der Waals surface area (Å²) in [4.78, 5) is 11.6. The summed E-state index contributed by atoms with van der Waals surface area (Å²) in [6.45, 7) is 3.75. The second-order valence-corrected chi connectivity index (χ2v) is 3.91. The van der Waals surface area contributed by atoms with E-state index < -0.39 is 0 Å². The van der Waals surface area contributed by atoms with Crippen molar-refractivity contribution < 1.29 is 24.1 Å². The van der Waals surface area contributed by atoms with Gasteiger partial charge in [0.05, 0.1) is 5.92 Å². The summed E-state index contributed by atoms with van der Waals surface area (Å²) in [5.41, 5.74) is 0. The lowest BCUT2D eigenvalue weighted by molar-refractivity contribution is -0.138. The maximum atomic E-state index is 11.6. The molecule has 0 saturated carbocycles. The first kappa shape index (κ1) is 11.6. The summed E-state index contributed by atoms with van der Waals surface area (Å²) in [5.74, 6) is 0.336. The van der Waals surface area contributed by atoms with Crippen LogP contribution >= 0.6 is 0 Å². The Balaban J connectivity index is 2.18. The van der Waals surface area contributed by atoms with Gasteiger partial charge in [-0.1, -0.05) is 13.8 Å². The molecule has 92 valence electrons. The number of phenolic OH excluding ortho intramolecular Hbond substituents is 1. The second-order valence-electron chi connectivity index (χ2n) is 3.91. The summed E-state index contributed by atoms with van der Waals surface area (Å²) < 4.78 is 15.3. The third-order valence-electron chi connectivity index (χ3n) is 2.66. The Morgan fingerprint density at radius 1 is 1.53 bits per heavy atom. The van der Waals surface area contributed by atoms with Gasteiger partial charge in [-0.05, 0) is 6.42 Å². The van der Waals surface area contributed by atoms with E-state index in [-0.39, 0.29) is 35.9 Å². The lowest BCUT2D eigenvalue weighted by atomic mass is 10.1. The maximum absolute atomic E-state index is 11.6. The average molecular weight is 238 g/mol. The van der Waals surface area contributed by atoms with Gasteiger partial charge in [-0.25, -0.2) is 0 Å². The molecule has 5 heteroatoms. The highest BCUT2D eigenvalue weighted by molar-refractivity contribution is 5.75. The topological polar surface area (TPSA) is 65.0 Å². The molecule has 1 unspecified atom stereocenters. The molecule has 1 aromatic carbocycles. The third kappa shape index (κ3) is 2.27. The summed E-state index contributed by atoms with van der Waals surface area (Å²) >= 11 is 0. The number of hydrogen-bond acceptors (Lipinski definition) is 5. The smallest absolute Gasteiger partial charge is 0.314 e. The van der Waals surface area contributed by atoms with E-state index in [4.69, 9.17) is 14.2 Å². The predicted octanol–water partition coefficient (Wildman–Crippen LogP) is 2.07. The third-order valence-corrected chi connectivity index (χ3v) is 2.66. The van der Waals surface area contributed by atoms with Crippen LogP contribution in [0.3, 0.4) is 0 Å². The predicted molar refractivity (Wildman–Crippen MR) is 59.3 cm³/mol. The summed E-state index contributed by atoms with van der Waals surface area (Å²) in [6.07, 6.45) is 0.704. The molecule has 0 saturated heterocycles. The SMILES string of the molecule is CCC(C)C(=O)Oc1cc(O)c2c(c1)OCO2.